The Labute approximate surface area is 320 Å². The minimum absolute atomic E-state index is 0.526. The van der Waals surface area contributed by atoms with Gasteiger partial charge in [0.05, 0.1) is 11.1 Å². The van der Waals surface area contributed by atoms with Crippen LogP contribution in [0.25, 0.3) is 55.0 Å². The monoisotopic (exact) mass is 701 g/mol. The van der Waals surface area contributed by atoms with Gasteiger partial charge in [0.1, 0.15) is 11.2 Å². The smallest absolute Gasteiger partial charge is 0.144 e. The van der Waals surface area contributed by atoms with Gasteiger partial charge >= 0.3 is 0 Å². The molecule has 0 N–H and O–H groups in total. The standard InChI is InChI=1S/C53H35NO/c1-5-19-36(20-6-1)49-50-45-30-16-18-32-48(45)55-52(50)44-29-14-13-28-43(44)51(49)54(39-25-11-4-12-26-39)40-33-34-42-41-27-15-17-31-46(41)53(47(42)35-40,37-21-7-2-8-22-37)38-23-9-3-10-24-38/h1-35H. The maximum absolute atomic E-state index is 6.78. The molecule has 11 rings (SSSR count). The number of hydrogen-bond acceptors (Lipinski definition) is 2. The summed E-state index contributed by atoms with van der Waals surface area (Å²) in [5.74, 6) is 0. The van der Waals surface area contributed by atoms with Crippen molar-refractivity contribution in [3.05, 3.63) is 235 Å². The molecule has 1 aromatic heterocycles. The fraction of sp³-hybridized carbons (Fsp3) is 0.0189. The van der Waals surface area contributed by atoms with Crippen LogP contribution in [-0.4, -0.2) is 0 Å². The number of anilines is 3. The van der Waals surface area contributed by atoms with Gasteiger partial charge in [-0.15, -0.1) is 0 Å². The molecule has 0 saturated heterocycles. The first kappa shape index (κ1) is 31.4. The summed E-state index contributed by atoms with van der Waals surface area (Å²) in [5.41, 5.74) is 14.4. The molecule has 55 heavy (non-hydrogen) atoms. The van der Waals surface area contributed by atoms with Crippen molar-refractivity contribution in [2.45, 2.75) is 5.41 Å². The van der Waals surface area contributed by atoms with E-state index >= 15 is 0 Å². The van der Waals surface area contributed by atoms with Gasteiger partial charge in [-0.2, -0.15) is 0 Å². The van der Waals surface area contributed by atoms with Crippen LogP contribution in [0.5, 0.6) is 0 Å². The Bertz CT molecular complexity index is 2980. The number of hydrogen-bond donors (Lipinski definition) is 0. The van der Waals surface area contributed by atoms with E-state index in [4.69, 9.17) is 4.42 Å². The highest BCUT2D eigenvalue weighted by Gasteiger charge is 2.46. The van der Waals surface area contributed by atoms with Crippen LogP contribution in [0.15, 0.2) is 217 Å². The molecule has 0 amide bonds. The number of para-hydroxylation sites is 2. The summed E-state index contributed by atoms with van der Waals surface area (Å²) >= 11 is 0. The van der Waals surface area contributed by atoms with Crippen LogP contribution < -0.4 is 4.90 Å². The molecule has 258 valence electrons. The van der Waals surface area contributed by atoms with Crippen LogP contribution in [0.3, 0.4) is 0 Å². The predicted octanol–water partition coefficient (Wildman–Crippen LogP) is 14.2. The number of fused-ring (bicyclic) bond motifs is 8. The average Bonchev–Trinajstić information content (AvgIpc) is 3.79. The molecule has 9 aromatic carbocycles. The Balaban J connectivity index is 1.29. The first-order valence-corrected chi connectivity index (χ1v) is 18.9. The van der Waals surface area contributed by atoms with Crippen molar-refractivity contribution in [2.75, 3.05) is 4.90 Å². The molecule has 0 atom stereocenters. The lowest BCUT2D eigenvalue weighted by Crippen LogP contribution is -2.28. The van der Waals surface area contributed by atoms with Gasteiger partial charge in [0.25, 0.3) is 0 Å². The highest BCUT2D eigenvalue weighted by atomic mass is 16.3. The zero-order valence-electron chi connectivity index (χ0n) is 30.1. The molecule has 0 aliphatic heterocycles. The zero-order chi connectivity index (χ0) is 36.3. The minimum atomic E-state index is -0.526. The van der Waals surface area contributed by atoms with Crippen molar-refractivity contribution in [3.8, 4) is 22.3 Å². The van der Waals surface area contributed by atoms with Gasteiger partial charge in [0, 0.05) is 38.5 Å². The van der Waals surface area contributed by atoms with E-state index in [1.165, 1.54) is 33.4 Å². The van der Waals surface area contributed by atoms with Crippen LogP contribution in [0.1, 0.15) is 22.3 Å². The second-order valence-electron chi connectivity index (χ2n) is 14.4. The van der Waals surface area contributed by atoms with Gasteiger partial charge in [0.15, 0.2) is 0 Å². The van der Waals surface area contributed by atoms with E-state index in [-0.39, 0.29) is 0 Å². The first-order valence-electron chi connectivity index (χ1n) is 18.9. The summed E-state index contributed by atoms with van der Waals surface area (Å²) in [4.78, 5) is 2.48. The first-order chi connectivity index (χ1) is 27.3. The lowest BCUT2D eigenvalue weighted by molar-refractivity contribution is 0.673. The SMILES string of the molecule is c1ccc(-c2c(N(c3ccccc3)c3ccc4c(c3)C(c3ccccc3)(c3ccccc3)c3ccccc3-4)c3ccccc3c3oc4ccccc4c23)cc1. The fourth-order valence-corrected chi connectivity index (χ4v) is 9.30. The van der Waals surface area contributed by atoms with E-state index in [0.717, 1.165) is 60.9 Å². The molecule has 1 heterocycles. The summed E-state index contributed by atoms with van der Waals surface area (Å²) in [6.07, 6.45) is 0. The number of nitrogens with zero attached hydrogens (tertiary/aromatic N) is 1. The molecule has 0 unspecified atom stereocenters. The molecule has 2 nitrogen and oxygen atoms in total. The van der Waals surface area contributed by atoms with E-state index < -0.39 is 5.41 Å². The van der Waals surface area contributed by atoms with Crippen molar-refractivity contribution in [2.24, 2.45) is 0 Å². The van der Waals surface area contributed by atoms with Crippen LogP contribution in [0.4, 0.5) is 17.1 Å². The highest BCUT2D eigenvalue weighted by molar-refractivity contribution is 6.27. The van der Waals surface area contributed by atoms with E-state index in [2.05, 4.69) is 217 Å². The van der Waals surface area contributed by atoms with Crippen molar-refractivity contribution in [1.82, 2.24) is 0 Å². The third-order valence-electron chi connectivity index (χ3n) is 11.5. The second-order valence-corrected chi connectivity index (χ2v) is 14.4. The Kier molecular flexibility index (Phi) is 7.11. The molecule has 0 fully saturated rings. The molecule has 1 aliphatic rings. The topological polar surface area (TPSA) is 16.4 Å². The highest BCUT2D eigenvalue weighted by Crippen LogP contribution is 2.58. The zero-order valence-corrected chi connectivity index (χ0v) is 30.1. The van der Waals surface area contributed by atoms with E-state index in [1.807, 2.05) is 0 Å². The third kappa shape index (κ3) is 4.62. The van der Waals surface area contributed by atoms with Gasteiger partial charge in [-0.1, -0.05) is 182 Å². The molecule has 2 heteroatoms. The number of rotatable bonds is 6. The molecular formula is C53H35NO. The van der Waals surface area contributed by atoms with Crippen LogP contribution in [0, 0.1) is 0 Å². The van der Waals surface area contributed by atoms with Crippen molar-refractivity contribution in [3.63, 3.8) is 0 Å². The Morgan fingerprint density at radius 3 is 1.65 bits per heavy atom. The molecule has 10 aromatic rings. The van der Waals surface area contributed by atoms with Crippen molar-refractivity contribution >= 4 is 49.8 Å². The summed E-state index contributed by atoms with van der Waals surface area (Å²) in [6, 6.07) is 77.0. The molecule has 0 radical (unpaired) electrons. The van der Waals surface area contributed by atoms with E-state index in [1.54, 1.807) is 0 Å². The largest absolute Gasteiger partial charge is 0.455 e. The average molecular weight is 702 g/mol. The van der Waals surface area contributed by atoms with Gasteiger partial charge in [-0.25, -0.2) is 0 Å². The maximum Gasteiger partial charge on any atom is 0.144 e. The number of benzene rings is 9. The van der Waals surface area contributed by atoms with Gasteiger partial charge < -0.3 is 9.32 Å². The number of furan rings is 1. The molecule has 0 bridgehead atoms. The van der Waals surface area contributed by atoms with Gasteiger partial charge in [-0.3, -0.25) is 0 Å². The predicted molar refractivity (Wildman–Crippen MR) is 229 cm³/mol. The van der Waals surface area contributed by atoms with E-state index in [0.29, 0.717) is 0 Å². The summed E-state index contributed by atoms with van der Waals surface area (Å²) in [6.45, 7) is 0. The van der Waals surface area contributed by atoms with Crippen LogP contribution in [0.2, 0.25) is 0 Å². The third-order valence-corrected chi connectivity index (χ3v) is 11.5. The molecule has 0 spiro atoms. The lowest BCUT2D eigenvalue weighted by atomic mass is 9.67. The summed E-state index contributed by atoms with van der Waals surface area (Å²) in [7, 11) is 0. The Hall–Kier alpha value is -7.16. The van der Waals surface area contributed by atoms with Gasteiger partial charge in [0.2, 0.25) is 0 Å². The second kappa shape index (κ2) is 12.5. The summed E-state index contributed by atoms with van der Waals surface area (Å²) < 4.78 is 6.78. The van der Waals surface area contributed by atoms with Crippen molar-refractivity contribution in [1.29, 1.82) is 0 Å². The maximum atomic E-state index is 6.78. The van der Waals surface area contributed by atoms with Crippen molar-refractivity contribution < 1.29 is 4.42 Å². The molecule has 1 aliphatic carbocycles. The fourth-order valence-electron chi connectivity index (χ4n) is 9.30. The van der Waals surface area contributed by atoms with Crippen LogP contribution >= 0.6 is 0 Å². The lowest BCUT2D eigenvalue weighted by Gasteiger charge is -2.35. The van der Waals surface area contributed by atoms with Gasteiger partial charge in [-0.05, 0) is 69.3 Å². The Morgan fingerprint density at radius 1 is 0.400 bits per heavy atom. The molecular weight excluding hydrogens is 667 g/mol. The normalized spacial score (nSPS) is 12.9. The minimum Gasteiger partial charge on any atom is -0.455 e. The Morgan fingerprint density at radius 2 is 0.945 bits per heavy atom. The van der Waals surface area contributed by atoms with Crippen LogP contribution in [-0.2, 0) is 5.41 Å². The quantitative estimate of drug-likeness (QED) is 0.172. The summed E-state index contributed by atoms with van der Waals surface area (Å²) in [5, 5.41) is 4.43. The molecule has 0 saturated carbocycles. The van der Waals surface area contributed by atoms with E-state index in [9.17, 15) is 0 Å².